The van der Waals surface area contributed by atoms with E-state index in [0.717, 1.165) is 29.5 Å². The van der Waals surface area contributed by atoms with Crippen molar-refractivity contribution in [3.8, 4) is 12.1 Å². The maximum atomic E-state index is 9.78. The standard InChI is InChI=1S/C25H22N2/c1-3-14-25(22-12-8-5-9-13-22)16-19(2)15-23(20-10-6-4-7-11-20)24(25)21(17-26)18-27/h4-14,19,23H,1,15-16H2,2H3. The van der Waals surface area contributed by atoms with Crippen LogP contribution in [0.2, 0.25) is 0 Å². The van der Waals surface area contributed by atoms with Gasteiger partial charge in [-0.25, -0.2) is 0 Å². The number of rotatable bonds is 3. The van der Waals surface area contributed by atoms with E-state index in [1.165, 1.54) is 0 Å². The quantitative estimate of drug-likeness (QED) is 0.517. The number of hydrogen-bond acceptors (Lipinski definition) is 2. The fourth-order valence-corrected chi connectivity index (χ4v) is 4.51. The Morgan fingerprint density at radius 2 is 1.63 bits per heavy atom. The first-order valence-corrected chi connectivity index (χ1v) is 9.18. The average molecular weight is 350 g/mol. The van der Waals surface area contributed by atoms with Gasteiger partial charge in [-0.3, -0.25) is 0 Å². The van der Waals surface area contributed by atoms with E-state index in [-0.39, 0.29) is 11.5 Å². The Hall–Kier alpha value is -3.32. The maximum absolute atomic E-state index is 9.78. The van der Waals surface area contributed by atoms with Crippen molar-refractivity contribution in [1.82, 2.24) is 0 Å². The highest BCUT2D eigenvalue weighted by Gasteiger charge is 2.45. The van der Waals surface area contributed by atoms with Crippen LogP contribution in [0.25, 0.3) is 0 Å². The van der Waals surface area contributed by atoms with Crippen molar-refractivity contribution < 1.29 is 0 Å². The largest absolute Gasteiger partial charge is 0.192 e. The number of nitriles is 2. The molecule has 3 rings (SSSR count). The Bertz CT molecular complexity index is 950. The summed E-state index contributed by atoms with van der Waals surface area (Å²) in [5.41, 5.74) is 5.71. The second-order valence-corrected chi connectivity index (χ2v) is 7.21. The van der Waals surface area contributed by atoms with Crippen molar-refractivity contribution in [2.45, 2.75) is 31.1 Å². The van der Waals surface area contributed by atoms with E-state index in [9.17, 15) is 10.5 Å². The zero-order valence-corrected chi connectivity index (χ0v) is 15.5. The first-order chi connectivity index (χ1) is 13.2. The normalized spacial score (nSPS) is 24.2. The summed E-state index contributed by atoms with van der Waals surface area (Å²) in [5, 5.41) is 19.6. The van der Waals surface area contributed by atoms with E-state index >= 15 is 0 Å². The third-order valence-electron chi connectivity index (χ3n) is 5.47. The molecule has 3 atom stereocenters. The maximum Gasteiger partial charge on any atom is 0.130 e. The fraction of sp³-hybridized carbons (Fsp3) is 0.240. The number of hydrogen-bond donors (Lipinski definition) is 0. The van der Waals surface area contributed by atoms with E-state index in [1.54, 1.807) is 0 Å². The summed E-state index contributed by atoms with van der Waals surface area (Å²) in [4.78, 5) is 0. The lowest BCUT2D eigenvalue weighted by molar-refractivity contribution is 0.324. The van der Waals surface area contributed by atoms with Crippen LogP contribution in [0.3, 0.4) is 0 Å². The SMILES string of the molecule is C=C=CC1(c2ccccc2)CC(C)CC(c2ccccc2)C1=C(C#N)C#N. The van der Waals surface area contributed by atoms with Gasteiger partial charge in [0.25, 0.3) is 0 Å². The van der Waals surface area contributed by atoms with Gasteiger partial charge in [-0.15, -0.1) is 5.73 Å². The van der Waals surface area contributed by atoms with Crippen LogP contribution in [0.1, 0.15) is 36.8 Å². The van der Waals surface area contributed by atoms with Gasteiger partial charge in [0.05, 0.1) is 0 Å². The highest BCUT2D eigenvalue weighted by Crippen LogP contribution is 2.53. The Labute approximate surface area is 161 Å². The lowest BCUT2D eigenvalue weighted by Crippen LogP contribution is -2.37. The van der Waals surface area contributed by atoms with Gasteiger partial charge in [-0.2, -0.15) is 10.5 Å². The molecule has 0 saturated heterocycles. The molecule has 0 amide bonds. The molecule has 2 heteroatoms. The topological polar surface area (TPSA) is 47.6 Å². The van der Waals surface area contributed by atoms with E-state index < -0.39 is 5.41 Å². The van der Waals surface area contributed by atoms with Gasteiger partial charge < -0.3 is 0 Å². The van der Waals surface area contributed by atoms with Gasteiger partial charge in [-0.1, -0.05) is 74.2 Å². The van der Waals surface area contributed by atoms with Gasteiger partial charge in [0.2, 0.25) is 0 Å². The average Bonchev–Trinajstić information content (AvgIpc) is 2.71. The van der Waals surface area contributed by atoms with Crippen LogP contribution in [-0.2, 0) is 5.41 Å². The molecule has 1 aliphatic rings. The van der Waals surface area contributed by atoms with Crippen LogP contribution in [-0.4, -0.2) is 0 Å². The predicted octanol–water partition coefficient (Wildman–Crippen LogP) is 5.82. The van der Waals surface area contributed by atoms with E-state index in [1.807, 2.05) is 42.5 Å². The van der Waals surface area contributed by atoms with Crippen molar-refractivity contribution in [2.75, 3.05) is 0 Å². The molecule has 0 radical (unpaired) electrons. The van der Waals surface area contributed by atoms with Crippen molar-refractivity contribution in [3.63, 3.8) is 0 Å². The fourth-order valence-electron chi connectivity index (χ4n) is 4.51. The van der Waals surface area contributed by atoms with Crippen molar-refractivity contribution in [2.24, 2.45) is 5.92 Å². The summed E-state index contributed by atoms with van der Waals surface area (Å²) < 4.78 is 0. The molecule has 132 valence electrons. The van der Waals surface area contributed by atoms with E-state index in [0.29, 0.717) is 5.92 Å². The zero-order chi connectivity index (χ0) is 19.3. The van der Waals surface area contributed by atoms with Crippen LogP contribution in [0.15, 0.2) is 90.2 Å². The lowest BCUT2D eigenvalue weighted by Gasteiger charge is -2.45. The number of benzene rings is 2. The Morgan fingerprint density at radius 3 is 2.19 bits per heavy atom. The molecule has 2 aromatic carbocycles. The third-order valence-corrected chi connectivity index (χ3v) is 5.47. The van der Waals surface area contributed by atoms with Crippen LogP contribution in [0, 0.1) is 28.6 Å². The molecule has 27 heavy (non-hydrogen) atoms. The molecule has 3 unspecified atom stereocenters. The van der Waals surface area contributed by atoms with Gasteiger partial charge in [-0.05, 0) is 41.5 Å². The minimum absolute atomic E-state index is 0.00839. The molecule has 0 N–H and O–H groups in total. The monoisotopic (exact) mass is 350 g/mol. The molecular weight excluding hydrogens is 328 g/mol. The molecular formula is C25H22N2. The highest BCUT2D eigenvalue weighted by molar-refractivity contribution is 5.57. The third kappa shape index (κ3) is 3.37. The number of allylic oxidation sites excluding steroid dienone is 3. The summed E-state index contributed by atoms with van der Waals surface area (Å²) in [5.74, 6) is 0.427. The first kappa shape index (κ1) is 18.5. The van der Waals surface area contributed by atoms with Crippen LogP contribution >= 0.6 is 0 Å². The highest BCUT2D eigenvalue weighted by atomic mass is 14.5. The molecule has 2 nitrogen and oxygen atoms in total. The Kier molecular flexibility index (Phi) is 5.42. The summed E-state index contributed by atoms with van der Waals surface area (Å²) in [7, 11) is 0. The van der Waals surface area contributed by atoms with Crippen molar-refractivity contribution in [1.29, 1.82) is 10.5 Å². The molecule has 0 spiro atoms. The summed E-state index contributed by atoms with van der Waals surface area (Å²) in [6, 6.07) is 24.6. The lowest BCUT2D eigenvalue weighted by atomic mass is 9.57. The molecule has 1 aliphatic carbocycles. The van der Waals surface area contributed by atoms with Gasteiger partial charge >= 0.3 is 0 Å². The predicted molar refractivity (Wildman–Crippen MR) is 108 cm³/mol. The minimum atomic E-state index is -0.554. The second-order valence-electron chi connectivity index (χ2n) is 7.21. The molecule has 0 aromatic heterocycles. The summed E-state index contributed by atoms with van der Waals surface area (Å²) >= 11 is 0. The molecule has 1 saturated carbocycles. The summed E-state index contributed by atoms with van der Waals surface area (Å²) in [6.07, 6.45) is 3.69. The molecule has 0 aliphatic heterocycles. The zero-order valence-electron chi connectivity index (χ0n) is 15.5. The molecule has 0 bridgehead atoms. The van der Waals surface area contributed by atoms with Crippen molar-refractivity contribution in [3.05, 3.63) is 101 Å². The molecule has 2 aromatic rings. The first-order valence-electron chi connectivity index (χ1n) is 9.18. The number of nitrogens with zero attached hydrogens (tertiary/aromatic N) is 2. The minimum Gasteiger partial charge on any atom is -0.192 e. The van der Waals surface area contributed by atoms with Crippen LogP contribution in [0.4, 0.5) is 0 Å². The van der Waals surface area contributed by atoms with Crippen LogP contribution < -0.4 is 0 Å². The Morgan fingerprint density at radius 1 is 1.04 bits per heavy atom. The second kappa shape index (κ2) is 7.92. The van der Waals surface area contributed by atoms with E-state index in [2.05, 4.69) is 55.6 Å². The van der Waals surface area contributed by atoms with Gasteiger partial charge in [0.1, 0.15) is 17.7 Å². The molecule has 0 heterocycles. The van der Waals surface area contributed by atoms with Crippen LogP contribution in [0.5, 0.6) is 0 Å². The summed E-state index contributed by atoms with van der Waals surface area (Å²) in [6.45, 7) is 6.06. The van der Waals surface area contributed by atoms with Gasteiger partial charge in [0.15, 0.2) is 0 Å². The van der Waals surface area contributed by atoms with Crippen molar-refractivity contribution >= 4 is 0 Å². The molecule has 1 fully saturated rings. The van der Waals surface area contributed by atoms with Gasteiger partial charge in [0, 0.05) is 11.3 Å². The van der Waals surface area contributed by atoms with E-state index in [4.69, 9.17) is 0 Å². The smallest absolute Gasteiger partial charge is 0.130 e. The Balaban J connectivity index is 2.37.